The van der Waals surface area contributed by atoms with Crippen LogP contribution >= 0.6 is 27.5 Å². The Morgan fingerprint density at radius 1 is 1.17 bits per heavy atom. The predicted octanol–water partition coefficient (Wildman–Crippen LogP) is 4.66. The quantitative estimate of drug-likeness (QED) is 0.443. The smallest absolute Gasteiger partial charge is 0.273 e. The van der Waals surface area contributed by atoms with E-state index in [4.69, 9.17) is 21.3 Å². The number of halogens is 2. The Morgan fingerprint density at radius 3 is 2.48 bits per heavy atom. The topological polar surface area (TPSA) is 72.3 Å². The number of carbonyl (C=O) groups is 1. The van der Waals surface area contributed by atoms with Crippen molar-refractivity contribution in [3.63, 3.8) is 0 Å². The van der Waals surface area contributed by atoms with Gasteiger partial charge in [-0.15, -0.1) is 0 Å². The standard InChI is InChI=1S/C21H21BrClN3O3/c1-14(16-10-8-15(9-11-16)12-19(22)23)25-29-13-17-6-4-5-7-18(17)20(26-28-3)21(27)24-2/h4-12H,13H2,1-3H3,(H,24,27)/b19-12?,25-14?,26-20+. The summed E-state index contributed by atoms with van der Waals surface area (Å²) >= 11 is 9.01. The van der Waals surface area contributed by atoms with Gasteiger partial charge in [0.25, 0.3) is 5.91 Å². The Kier molecular flexibility index (Phi) is 8.89. The van der Waals surface area contributed by atoms with Crippen molar-refractivity contribution in [2.24, 2.45) is 10.3 Å². The first-order valence-electron chi connectivity index (χ1n) is 8.67. The summed E-state index contributed by atoms with van der Waals surface area (Å²) in [6.45, 7) is 2.03. The highest BCUT2D eigenvalue weighted by atomic mass is 79.9. The number of nitrogens with one attached hydrogen (secondary N) is 1. The first-order chi connectivity index (χ1) is 14.0. The second-order valence-corrected chi connectivity index (χ2v) is 7.58. The minimum atomic E-state index is -0.350. The van der Waals surface area contributed by atoms with Crippen LogP contribution in [0.25, 0.3) is 6.08 Å². The van der Waals surface area contributed by atoms with Crippen molar-refractivity contribution in [2.45, 2.75) is 13.5 Å². The summed E-state index contributed by atoms with van der Waals surface area (Å²) < 4.78 is 0.533. The Labute approximate surface area is 183 Å². The fraction of sp³-hybridized carbons (Fsp3) is 0.190. The van der Waals surface area contributed by atoms with Gasteiger partial charge in [-0.3, -0.25) is 4.79 Å². The third-order valence-corrected chi connectivity index (χ3v) is 4.26. The van der Waals surface area contributed by atoms with Crippen molar-refractivity contribution in [3.8, 4) is 0 Å². The van der Waals surface area contributed by atoms with Gasteiger partial charge in [0.2, 0.25) is 0 Å². The van der Waals surface area contributed by atoms with Gasteiger partial charge in [0, 0.05) is 18.2 Å². The molecule has 2 rings (SSSR count). The van der Waals surface area contributed by atoms with Crippen LogP contribution in [0, 0.1) is 0 Å². The lowest BCUT2D eigenvalue weighted by Crippen LogP contribution is -2.29. The van der Waals surface area contributed by atoms with E-state index in [1.165, 1.54) is 14.2 Å². The molecule has 8 heteroatoms. The maximum Gasteiger partial charge on any atom is 0.273 e. The fourth-order valence-electron chi connectivity index (χ4n) is 2.50. The average molecular weight is 479 g/mol. The molecule has 0 aliphatic rings. The Hall–Kier alpha value is -2.64. The number of carbonyl (C=O) groups excluding carboxylic acids is 1. The maximum absolute atomic E-state index is 12.1. The Morgan fingerprint density at radius 2 is 1.86 bits per heavy atom. The van der Waals surface area contributed by atoms with Crippen LogP contribution in [0.4, 0.5) is 0 Å². The van der Waals surface area contributed by atoms with E-state index in [0.29, 0.717) is 9.51 Å². The summed E-state index contributed by atoms with van der Waals surface area (Å²) in [5, 5.41) is 10.6. The molecule has 0 heterocycles. The molecule has 29 heavy (non-hydrogen) atoms. The lowest BCUT2D eigenvalue weighted by Gasteiger charge is -2.10. The van der Waals surface area contributed by atoms with Gasteiger partial charge in [-0.05, 0) is 40.1 Å². The van der Waals surface area contributed by atoms with Crippen LogP contribution in [-0.2, 0) is 21.1 Å². The number of oxime groups is 2. The van der Waals surface area contributed by atoms with Crippen molar-refractivity contribution >= 4 is 50.9 Å². The van der Waals surface area contributed by atoms with Crippen LogP contribution in [0.1, 0.15) is 29.2 Å². The minimum Gasteiger partial charge on any atom is -0.398 e. The second kappa shape index (κ2) is 11.4. The zero-order valence-corrected chi connectivity index (χ0v) is 18.6. The van der Waals surface area contributed by atoms with Crippen LogP contribution in [0.2, 0.25) is 0 Å². The van der Waals surface area contributed by atoms with Crippen LogP contribution in [0.15, 0.2) is 62.8 Å². The molecule has 0 aliphatic carbocycles. The van der Waals surface area contributed by atoms with Gasteiger partial charge in [0.15, 0.2) is 5.71 Å². The largest absolute Gasteiger partial charge is 0.398 e. The number of hydrogen-bond acceptors (Lipinski definition) is 5. The summed E-state index contributed by atoms with van der Waals surface area (Å²) in [7, 11) is 2.93. The molecule has 1 N–H and O–H groups in total. The van der Waals surface area contributed by atoms with Gasteiger partial charge in [-0.2, -0.15) is 0 Å². The Balaban J connectivity index is 2.15. The molecule has 0 saturated heterocycles. The van der Waals surface area contributed by atoms with E-state index in [0.717, 1.165) is 22.4 Å². The molecule has 1 amide bonds. The van der Waals surface area contributed by atoms with Crippen molar-refractivity contribution in [1.29, 1.82) is 0 Å². The highest BCUT2D eigenvalue weighted by Gasteiger charge is 2.17. The van der Waals surface area contributed by atoms with E-state index in [1.54, 1.807) is 12.1 Å². The van der Waals surface area contributed by atoms with E-state index in [2.05, 4.69) is 31.6 Å². The molecule has 6 nitrogen and oxygen atoms in total. The number of rotatable bonds is 8. The van der Waals surface area contributed by atoms with Crippen LogP contribution in [0.5, 0.6) is 0 Å². The molecule has 2 aromatic rings. The summed E-state index contributed by atoms with van der Waals surface area (Å²) in [6, 6.07) is 15.0. The van der Waals surface area contributed by atoms with E-state index in [1.807, 2.05) is 49.4 Å². The molecule has 0 spiro atoms. The maximum atomic E-state index is 12.1. The van der Waals surface area contributed by atoms with Gasteiger partial charge in [-0.25, -0.2) is 0 Å². The molecule has 152 valence electrons. The molecule has 0 bridgehead atoms. The van der Waals surface area contributed by atoms with E-state index < -0.39 is 0 Å². The average Bonchev–Trinajstić information content (AvgIpc) is 2.72. The molecule has 2 aromatic carbocycles. The van der Waals surface area contributed by atoms with Crippen LogP contribution in [-0.4, -0.2) is 31.5 Å². The molecule has 0 saturated carbocycles. The zero-order valence-electron chi connectivity index (χ0n) is 16.3. The van der Waals surface area contributed by atoms with E-state index in [-0.39, 0.29) is 18.2 Å². The fourth-order valence-corrected chi connectivity index (χ4v) is 2.89. The zero-order chi connectivity index (χ0) is 21.2. The number of amides is 1. The third-order valence-electron chi connectivity index (χ3n) is 3.92. The molecule has 0 atom stereocenters. The summed E-state index contributed by atoms with van der Waals surface area (Å²) in [5.74, 6) is -0.350. The van der Waals surface area contributed by atoms with Crippen molar-refractivity contribution < 1.29 is 14.5 Å². The highest BCUT2D eigenvalue weighted by molar-refractivity contribution is 9.12. The van der Waals surface area contributed by atoms with Crippen molar-refractivity contribution in [1.82, 2.24) is 5.32 Å². The summed E-state index contributed by atoms with van der Waals surface area (Å²) in [4.78, 5) is 22.5. The number of nitrogens with zero attached hydrogens (tertiary/aromatic N) is 2. The lowest BCUT2D eigenvalue weighted by molar-refractivity contribution is -0.114. The predicted molar refractivity (Wildman–Crippen MR) is 120 cm³/mol. The summed E-state index contributed by atoms with van der Waals surface area (Å²) in [5.41, 5.74) is 4.16. The van der Waals surface area contributed by atoms with Crippen molar-refractivity contribution in [2.75, 3.05) is 14.2 Å². The van der Waals surface area contributed by atoms with Gasteiger partial charge in [0.05, 0.1) is 9.65 Å². The van der Waals surface area contributed by atoms with Crippen LogP contribution in [0.3, 0.4) is 0 Å². The Bertz CT molecular complexity index is 936. The highest BCUT2D eigenvalue weighted by Crippen LogP contribution is 2.17. The number of benzene rings is 2. The first kappa shape index (κ1) is 22.6. The van der Waals surface area contributed by atoms with Gasteiger partial charge in [-0.1, -0.05) is 70.4 Å². The second-order valence-electron chi connectivity index (χ2n) is 5.86. The lowest BCUT2D eigenvalue weighted by atomic mass is 10.0. The minimum absolute atomic E-state index is 0.170. The number of likely N-dealkylation sites (N-methyl/N-ethyl adjacent to an activating group) is 1. The normalized spacial score (nSPS) is 12.5. The van der Waals surface area contributed by atoms with Crippen LogP contribution < -0.4 is 5.32 Å². The van der Waals surface area contributed by atoms with Crippen molar-refractivity contribution in [3.05, 3.63) is 74.7 Å². The van der Waals surface area contributed by atoms with Gasteiger partial charge >= 0.3 is 0 Å². The number of hydrogen-bond donors (Lipinski definition) is 1. The van der Waals surface area contributed by atoms with E-state index in [9.17, 15) is 4.79 Å². The molecular formula is C21H21BrClN3O3. The molecule has 0 aromatic heterocycles. The SMILES string of the molecule is CNC(=O)/C(=N/OC)c1ccccc1CON=C(C)c1ccc(C=C(Cl)Br)cc1. The summed E-state index contributed by atoms with van der Waals surface area (Å²) in [6.07, 6.45) is 1.80. The molecule has 0 fully saturated rings. The molecular weight excluding hydrogens is 458 g/mol. The molecule has 0 unspecified atom stereocenters. The molecule has 0 aliphatic heterocycles. The monoisotopic (exact) mass is 477 g/mol. The van der Waals surface area contributed by atoms with E-state index >= 15 is 0 Å². The van der Waals surface area contributed by atoms with Gasteiger partial charge in [0.1, 0.15) is 13.7 Å². The first-order valence-corrected chi connectivity index (χ1v) is 9.84. The van der Waals surface area contributed by atoms with Gasteiger partial charge < -0.3 is 15.0 Å². The third kappa shape index (κ3) is 6.73. The molecule has 0 radical (unpaired) electrons.